The summed E-state index contributed by atoms with van der Waals surface area (Å²) in [6.45, 7) is 0. The molecule has 2 fully saturated rings. The average molecular weight is 419 g/mol. The Balaban J connectivity index is 1.49. The van der Waals surface area contributed by atoms with Crippen molar-refractivity contribution in [1.29, 1.82) is 0 Å². The molecule has 3 aliphatic rings. The summed E-state index contributed by atoms with van der Waals surface area (Å²) in [7, 11) is 0. The van der Waals surface area contributed by atoms with Gasteiger partial charge < -0.3 is 10.2 Å². The second kappa shape index (κ2) is 8.43. The van der Waals surface area contributed by atoms with Crippen LogP contribution in [0.3, 0.4) is 0 Å². The first-order valence-corrected chi connectivity index (χ1v) is 12.2. The van der Waals surface area contributed by atoms with Crippen molar-refractivity contribution in [1.82, 2.24) is 0 Å². The van der Waals surface area contributed by atoms with Crippen LogP contribution in [0.25, 0.3) is 0 Å². The molecule has 1 unspecified atom stereocenters. The van der Waals surface area contributed by atoms with Gasteiger partial charge in [-0.05, 0) is 66.2 Å². The van der Waals surface area contributed by atoms with Crippen molar-refractivity contribution in [3.05, 3.63) is 70.8 Å². The van der Waals surface area contributed by atoms with Crippen LogP contribution in [0.5, 0.6) is 0 Å². The molecule has 0 aliphatic heterocycles. The van der Waals surface area contributed by atoms with E-state index in [-0.39, 0.29) is 5.92 Å². The molecule has 3 nitrogen and oxygen atoms in total. The maximum atomic E-state index is 12.2. The van der Waals surface area contributed by atoms with Gasteiger partial charge in [-0.2, -0.15) is 0 Å². The van der Waals surface area contributed by atoms with Crippen molar-refractivity contribution < 1.29 is 15.0 Å². The molecule has 5 rings (SSSR count). The quantitative estimate of drug-likeness (QED) is 0.612. The van der Waals surface area contributed by atoms with Gasteiger partial charge in [-0.1, -0.05) is 80.6 Å². The van der Waals surface area contributed by atoms with Gasteiger partial charge in [-0.25, -0.2) is 0 Å². The molecule has 2 N–H and O–H groups in total. The molecule has 3 atom stereocenters. The predicted octanol–water partition coefficient (Wildman–Crippen LogP) is 6.15. The number of rotatable bonds is 5. The lowest BCUT2D eigenvalue weighted by Gasteiger charge is -2.36. The highest BCUT2D eigenvalue weighted by atomic mass is 16.4. The van der Waals surface area contributed by atoms with Crippen molar-refractivity contribution in [2.45, 2.75) is 81.6 Å². The van der Waals surface area contributed by atoms with E-state index < -0.39 is 17.5 Å². The van der Waals surface area contributed by atoms with Crippen LogP contribution in [-0.2, 0) is 16.6 Å². The molecule has 0 spiro atoms. The zero-order chi connectivity index (χ0) is 21.4. The summed E-state index contributed by atoms with van der Waals surface area (Å²) >= 11 is 0. The van der Waals surface area contributed by atoms with Gasteiger partial charge >= 0.3 is 5.97 Å². The Morgan fingerprint density at radius 1 is 0.935 bits per heavy atom. The smallest absolute Gasteiger partial charge is 0.314 e. The molecule has 0 amide bonds. The summed E-state index contributed by atoms with van der Waals surface area (Å²) in [4.78, 5) is 12.2. The molecule has 2 aromatic carbocycles. The number of carbonyl (C=O) groups is 1. The molecule has 2 aromatic rings. The first-order valence-electron chi connectivity index (χ1n) is 12.2. The lowest BCUT2D eigenvalue weighted by Crippen LogP contribution is -2.32. The Kier molecular flexibility index (Phi) is 5.64. The van der Waals surface area contributed by atoms with E-state index >= 15 is 0 Å². The van der Waals surface area contributed by atoms with Gasteiger partial charge in [-0.15, -0.1) is 0 Å². The number of aliphatic carboxylic acids is 1. The van der Waals surface area contributed by atoms with Crippen LogP contribution in [0.1, 0.15) is 92.1 Å². The molecule has 0 aromatic heterocycles. The molecule has 3 heteroatoms. The molecular formula is C28H34O3. The summed E-state index contributed by atoms with van der Waals surface area (Å²) in [5, 5.41) is 21.4. The maximum absolute atomic E-state index is 12.2. The van der Waals surface area contributed by atoms with Crippen LogP contribution in [0.2, 0.25) is 0 Å². The van der Waals surface area contributed by atoms with Gasteiger partial charge in [-0.3, -0.25) is 4.79 Å². The van der Waals surface area contributed by atoms with Gasteiger partial charge in [0, 0.05) is 5.92 Å². The summed E-state index contributed by atoms with van der Waals surface area (Å²) in [6, 6.07) is 16.9. The lowest BCUT2D eigenvalue weighted by molar-refractivity contribution is -0.143. The van der Waals surface area contributed by atoms with Crippen LogP contribution in [0.4, 0.5) is 0 Å². The van der Waals surface area contributed by atoms with E-state index in [2.05, 4.69) is 36.4 Å². The van der Waals surface area contributed by atoms with E-state index in [0.717, 1.165) is 43.2 Å². The third kappa shape index (κ3) is 3.61. The zero-order valence-electron chi connectivity index (χ0n) is 18.3. The number of carboxylic acids is 1. The standard InChI is InChI=1S/C28H34O3/c29-26-23-14-13-22(28(27(30)31)15-7-8-16-28)17-21(23)18-24(26)25(19-9-3-1-4-10-19)20-11-5-2-6-12-20/h1,3-4,9-10,13-14,17,20,24-26,29H,2,5-8,11-12,15-16,18H2,(H,30,31)/t24-,25?,26+/m1/s1. The van der Waals surface area contributed by atoms with Gasteiger partial charge in [0.05, 0.1) is 11.5 Å². The molecule has 0 radical (unpaired) electrons. The number of aliphatic hydroxyl groups is 1. The van der Waals surface area contributed by atoms with Crippen LogP contribution in [0.15, 0.2) is 48.5 Å². The van der Waals surface area contributed by atoms with Crippen molar-refractivity contribution in [2.24, 2.45) is 11.8 Å². The van der Waals surface area contributed by atoms with E-state index in [9.17, 15) is 15.0 Å². The van der Waals surface area contributed by atoms with E-state index in [1.165, 1.54) is 43.2 Å². The van der Waals surface area contributed by atoms with Gasteiger partial charge in [0.15, 0.2) is 0 Å². The number of fused-ring (bicyclic) bond motifs is 1. The summed E-state index contributed by atoms with van der Waals surface area (Å²) in [6.07, 6.45) is 10.2. The van der Waals surface area contributed by atoms with Gasteiger partial charge in [0.1, 0.15) is 0 Å². The number of carboxylic acid groups (broad SMARTS) is 1. The van der Waals surface area contributed by atoms with Crippen molar-refractivity contribution in [2.75, 3.05) is 0 Å². The molecule has 31 heavy (non-hydrogen) atoms. The average Bonchev–Trinajstić information content (AvgIpc) is 3.42. The fourth-order valence-corrected chi connectivity index (χ4v) is 6.93. The molecule has 0 saturated heterocycles. The molecule has 3 aliphatic carbocycles. The first kappa shape index (κ1) is 20.8. The fourth-order valence-electron chi connectivity index (χ4n) is 6.93. The minimum atomic E-state index is -0.736. The minimum Gasteiger partial charge on any atom is -0.481 e. The van der Waals surface area contributed by atoms with Crippen molar-refractivity contribution >= 4 is 5.97 Å². The highest BCUT2D eigenvalue weighted by Gasteiger charge is 2.45. The largest absolute Gasteiger partial charge is 0.481 e. The highest BCUT2D eigenvalue weighted by Crippen LogP contribution is 2.51. The normalized spacial score (nSPS) is 26.5. The third-order valence-corrected chi connectivity index (χ3v) is 8.55. The second-order valence-electron chi connectivity index (χ2n) is 10.2. The molecule has 0 heterocycles. The summed E-state index contributed by atoms with van der Waals surface area (Å²) < 4.78 is 0. The predicted molar refractivity (Wildman–Crippen MR) is 122 cm³/mol. The van der Waals surface area contributed by atoms with E-state index in [0.29, 0.717) is 11.8 Å². The highest BCUT2D eigenvalue weighted by molar-refractivity contribution is 5.82. The number of aliphatic hydroxyl groups excluding tert-OH is 1. The minimum absolute atomic E-state index is 0.167. The van der Waals surface area contributed by atoms with Gasteiger partial charge in [0.2, 0.25) is 0 Å². The van der Waals surface area contributed by atoms with Crippen molar-refractivity contribution in [3.8, 4) is 0 Å². The maximum Gasteiger partial charge on any atom is 0.314 e. The van der Waals surface area contributed by atoms with Crippen molar-refractivity contribution in [3.63, 3.8) is 0 Å². The fraction of sp³-hybridized carbons (Fsp3) is 0.536. The molecule has 0 bridgehead atoms. The van der Waals surface area contributed by atoms with E-state index in [1.807, 2.05) is 12.1 Å². The van der Waals surface area contributed by atoms with E-state index in [1.54, 1.807) is 0 Å². The monoisotopic (exact) mass is 418 g/mol. The van der Waals surface area contributed by atoms with Gasteiger partial charge in [0.25, 0.3) is 0 Å². The number of benzene rings is 2. The topological polar surface area (TPSA) is 57.5 Å². The molecule has 2 saturated carbocycles. The summed E-state index contributed by atoms with van der Waals surface area (Å²) in [5.74, 6) is 0.446. The summed E-state index contributed by atoms with van der Waals surface area (Å²) in [5.41, 5.74) is 3.74. The van der Waals surface area contributed by atoms with Crippen LogP contribution in [0, 0.1) is 11.8 Å². The SMILES string of the molecule is O=C(O)C1(c2ccc3c(c2)C[C@H](C(c2ccccc2)C2CCCCC2)[C@H]3O)CCCC1. The Morgan fingerprint density at radius 3 is 2.32 bits per heavy atom. The van der Waals surface area contributed by atoms with Crippen LogP contribution in [-0.4, -0.2) is 16.2 Å². The molecule has 164 valence electrons. The zero-order valence-corrected chi connectivity index (χ0v) is 18.3. The number of hydrogen-bond donors (Lipinski definition) is 2. The van der Waals surface area contributed by atoms with Crippen LogP contribution >= 0.6 is 0 Å². The van der Waals surface area contributed by atoms with Crippen LogP contribution < -0.4 is 0 Å². The molecular weight excluding hydrogens is 384 g/mol. The number of hydrogen-bond acceptors (Lipinski definition) is 2. The first-order chi connectivity index (χ1) is 15.1. The Morgan fingerprint density at radius 2 is 1.65 bits per heavy atom. The van der Waals surface area contributed by atoms with E-state index in [4.69, 9.17) is 0 Å². The lowest BCUT2D eigenvalue weighted by atomic mass is 9.69. The second-order valence-corrected chi connectivity index (χ2v) is 10.2. The Hall–Kier alpha value is -2.13. The third-order valence-electron chi connectivity index (χ3n) is 8.55. The Labute approximate surface area is 185 Å². The Bertz CT molecular complexity index is 923.